The van der Waals surface area contributed by atoms with Crippen molar-refractivity contribution in [1.29, 1.82) is 0 Å². The first kappa shape index (κ1) is 52.3. The summed E-state index contributed by atoms with van der Waals surface area (Å²) >= 11 is 0. The molecular formula is C53H85N3O2S. The molecule has 59 heavy (non-hydrogen) atoms. The molecule has 1 N–H and O–H groups in total. The van der Waals surface area contributed by atoms with Crippen LogP contribution in [-0.4, -0.2) is 68.2 Å². The highest BCUT2D eigenvalue weighted by Gasteiger charge is 2.65. The molecule has 7 rings (SSSR count). The molecule has 0 radical (unpaired) electrons. The minimum atomic E-state index is -3.09. The summed E-state index contributed by atoms with van der Waals surface area (Å²) in [6.45, 7) is 29.3. The molecule has 0 bridgehead atoms. The van der Waals surface area contributed by atoms with Crippen molar-refractivity contribution in [2.75, 3.05) is 45.0 Å². The van der Waals surface area contributed by atoms with E-state index in [1.165, 1.54) is 75.3 Å². The summed E-state index contributed by atoms with van der Waals surface area (Å²) in [6, 6.07) is 9.34. The van der Waals surface area contributed by atoms with Gasteiger partial charge in [0.1, 0.15) is 0 Å². The Morgan fingerprint density at radius 1 is 0.814 bits per heavy atom. The van der Waals surface area contributed by atoms with Crippen molar-refractivity contribution in [2.24, 2.45) is 45.8 Å². The number of piperazine rings is 1. The summed E-state index contributed by atoms with van der Waals surface area (Å²) in [7, 11) is -3.09. The van der Waals surface area contributed by atoms with E-state index < -0.39 is 10.0 Å². The highest BCUT2D eigenvalue weighted by Crippen LogP contribution is 2.72. The minimum Gasteiger partial charge on any atom is -0.310 e. The van der Waals surface area contributed by atoms with Gasteiger partial charge in [-0.05, 0) is 135 Å². The quantitative estimate of drug-likeness (QED) is 0.199. The van der Waals surface area contributed by atoms with Gasteiger partial charge in [-0.1, -0.05) is 103 Å². The molecule has 5 aliphatic carbocycles. The van der Waals surface area contributed by atoms with Gasteiger partial charge in [-0.15, -0.1) is 45.1 Å². The molecule has 4 unspecified atom stereocenters. The molecule has 1 saturated heterocycles. The Morgan fingerprint density at radius 2 is 1.42 bits per heavy atom. The predicted molar refractivity (Wildman–Crippen MR) is 257 cm³/mol. The molecule has 0 spiro atoms. The highest BCUT2D eigenvalue weighted by atomic mass is 32.2. The number of fused-ring (bicyclic) bond motifs is 7. The van der Waals surface area contributed by atoms with E-state index in [-0.39, 0.29) is 5.41 Å². The molecule has 6 heteroatoms. The van der Waals surface area contributed by atoms with Crippen LogP contribution < -0.4 is 5.32 Å². The van der Waals surface area contributed by atoms with Crippen LogP contribution in [0.3, 0.4) is 0 Å². The van der Waals surface area contributed by atoms with Crippen LogP contribution in [0.25, 0.3) is 5.57 Å². The van der Waals surface area contributed by atoms with E-state index >= 15 is 0 Å². The summed E-state index contributed by atoms with van der Waals surface area (Å²) in [5.41, 5.74) is 5.77. The Labute approximate surface area is 365 Å². The van der Waals surface area contributed by atoms with Crippen LogP contribution in [0.4, 0.5) is 0 Å². The Morgan fingerprint density at radius 3 is 2.02 bits per heavy atom. The van der Waals surface area contributed by atoms with E-state index in [2.05, 4.69) is 127 Å². The maximum absolute atomic E-state index is 12.7. The summed E-state index contributed by atoms with van der Waals surface area (Å²) in [4.78, 5) is 2.50. The molecule has 4 saturated carbocycles. The molecule has 1 aliphatic heterocycles. The van der Waals surface area contributed by atoms with E-state index in [0.29, 0.717) is 35.2 Å². The van der Waals surface area contributed by atoms with Crippen molar-refractivity contribution in [3.05, 3.63) is 54.1 Å². The first-order chi connectivity index (χ1) is 28.3. The summed E-state index contributed by atoms with van der Waals surface area (Å²) in [6.07, 6.45) is 43.9. The van der Waals surface area contributed by atoms with Gasteiger partial charge in [0.15, 0.2) is 0 Å². The fraction of sp³-hybridized carbons (Fsp3) is 0.698. The lowest BCUT2D eigenvalue weighted by molar-refractivity contribution is -0.172. The van der Waals surface area contributed by atoms with Crippen molar-refractivity contribution < 1.29 is 8.42 Å². The normalized spacial score (nSPS) is 32.9. The van der Waals surface area contributed by atoms with Crippen molar-refractivity contribution in [3.8, 4) is 38.5 Å². The first-order valence-electron chi connectivity index (χ1n) is 23.1. The number of hydrogen-bond acceptors (Lipinski definition) is 4. The van der Waals surface area contributed by atoms with Crippen molar-refractivity contribution in [3.63, 3.8) is 0 Å². The van der Waals surface area contributed by atoms with Crippen LogP contribution >= 0.6 is 0 Å². The van der Waals surface area contributed by atoms with Gasteiger partial charge in [0, 0.05) is 44.8 Å². The number of sulfonamides is 1. The molecule has 5 fully saturated rings. The van der Waals surface area contributed by atoms with Crippen LogP contribution in [0.1, 0.15) is 144 Å². The lowest BCUT2D eigenvalue weighted by atomic mass is 9.37. The second-order valence-corrected chi connectivity index (χ2v) is 20.9. The second-order valence-electron chi connectivity index (χ2n) is 18.9. The Balaban J connectivity index is 0.00000100. The average molecular weight is 828 g/mol. The van der Waals surface area contributed by atoms with Crippen molar-refractivity contribution in [2.45, 2.75) is 145 Å². The van der Waals surface area contributed by atoms with Crippen LogP contribution in [0, 0.1) is 91.3 Å². The molecule has 330 valence electrons. The first-order valence-corrected chi connectivity index (χ1v) is 24.7. The maximum atomic E-state index is 12.7. The number of hydrogen-bond donors (Lipinski definition) is 1. The Kier molecular flexibility index (Phi) is 20.8. The fourth-order valence-electron chi connectivity index (χ4n) is 13.5. The number of allylic oxidation sites excluding steroid dienone is 3. The standard InChI is InChI=1S/C42H67N3O2S.C3H6.C2H6.3C2H2/c1-7-8-30-48(46,47)45-28-26-44(27-29-45)25-24-43-42-20-9-10-36(42)33-15-16-38-40(5,35(33)18-23-42)22-19-37-39(3,4)34(17-21-41(37,38)6)32-13-11-31(2)12-14-32;1-3-2;4*1-2/h11-14,17,33,35-38,43H,7-10,15-16,18-30H2,1-6H3;3H,1H2,2H3;1-2H3;3*1-2H/t33-,35?,36?,37?,38?,40-,41-,42-;;;;;/m0...../s1. The third-order valence-corrected chi connectivity index (χ3v) is 17.8. The van der Waals surface area contributed by atoms with Gasteiger partial charge in [0.05, 0.1) is 5.75 Å². The van der Waals surface area contributed by atoms with Crippen molar-refractivity contribution in [1.82, 2.24) is 14.5 Å². The van der Waals surface area contributed by atoms with Crippen molar-refractivity contribution >= 4 is 15.6 Å². The largest absolute Gasteiger partial charge is 0.310 e. The number of rotatable bonds is 9. The topological polar surface area (TPSA) is 52.7 Å². The Bertz CT molecular complexity index is 1620. The summed E-state index contributed by atoms with van der Waals surface area (Å²) < 4.78 is 27.2. The number of nitrogens with zero attached hydrogens (tertiary/aromatic N) is 2. The zero-order valence-corrected chi connectivity index (χ0v) is 39.9. The maximum Gasteiger partial charge on any atom is 0.214 e. The van der Waals surface area contributed by atoms with Gasteiger partial charge >= 0.3 is 0 Å². The van der Waals surface area contributed by atoms with Crippen LogP contribution in [0.5, 0.6) is 0 Å². The molecule has 0 aromatic heterocycles. The SMILES string of the molecule is C#C.C#C.C#C.C=CC.CC.CCCCS(=O)(=O)N1CCN(CCN[C@]23CCCC2[C@H]2CCC4[C@@](C)(CCC5C(C)(C)C(c6ccc(C)cc6)=CC[C@@]54C)C2CC3)CC1. The number of aryl methyl sites for hydroxylation is 1. The number of nitrogens with one attached hydrogen (secondary N) is 1. The molecule has 8 atom stereocenters. The van der Waals surface area contributed by atoms with Gasteiger partial charge in [0.2, 0.25) is 10.0 Å². The molecule has 1 aromatic rings. The van der Waals surface area contributed by atoms with E-state index in [1.807, 2.05) is 20.8 Å². The molecule has 6 aliphatic rings. The van der Waals surface area contributed by atoms with Gasteiger partial charge in [-0.25, -0.2) is 8.42 Å². The molecular weight excluding hydrogens is 743 g/mol. The van der Waals surface area contributed by atoms with Crippen LogP contribution in [0.2, 0.25) is 0 Å². The van der Waals surface area contributed by atoms with E-state index in [4.69, 9.17) is 0 Å². The number of benzene rings is 1. The monoisotopic (exact) mass is 828 g/mol. The fourth-order valence-corrected chi connectivity index (χ4v) is 15.1. The smallest absolute Gasteiger partial charge is 0.214 e. The zero-order chi connectivity index (χ0) is 44.7. The molecule has 1 aromatic carbocycles. The van der Waals surface area contributed by atoms with Gasteiger partial charge in [0.25, 0.3) is 0 Å². The van der Waals surface area contributed by atoms with Gasteiger partial charge in [-0.3, -0.25) is 4.90 Å². The average Bonchev–Trinajstić information content (AvgIpc) is 3.68. The van der Waals surface area contributed by atoms with E-state index in [1.54, 1.807) is 16.0 Å². The van der Waals surface area contributed by atoms with E-state index in [9.17, 15) is 8.42 Å². The summed E-state index contributed by atoms with van der Waals surface area (Å²) in [5.74, 6) is 4.46. The number of terminal acetylenes is 3. The highest BCUT2D eigenvalue weighted by molar-refractivity contribution is 7.89. The molecule has 5 nitrogen and oxygen atoms in total. The predicted octanol–water partition coefficient (Wildman–Crippen LogP) is 11.5. The second kappa shape index (κ2) is 23.4. The van der Waals surface area contributed by atoms with Crippen LogP contribution in [-0.2, 0) is 10.0 Å². The third-order valence-electron chi connectivity index (χ3n) is 15.8. The van der Waals surface area contributed by atoms with Crippen LogP contribution in [0.15, 0.2) is 43.0 Å². The van der Waals surface area contributed by atoms with Gasteiger partial charge < -0.3 is 5.32 Å². The molecule has 0 amide bonds. The molecule has 1 heterocycles. The Hall–Kier alpha value is -2.79. The number of unbranched alkanes of at least 4 members (excludes halogenated alkanes) is 1. The zero-order valence-electron chi connectivity index (χ0n) is 39.1. The summed E-state index contributed by atoms with van der Waals surface area (Å²) in [5, 5.41) is 4.24. The lowest BCUT2D eigenvalue weighted by Gasteiger charge is -2.68. The lowest BCUT2D eigenvalue weighted by Crippen LogP contribution is -2.64. The third kappa shape index (κ3) is 11.0. The van der Waals surface area contributed by atoms with Gasteiger partial charge in [-0.2, -0.15) is 4.31 Å². The van der Waals surface area contributed by atoms with E-state index in [0.717, 1.165) is 68.6 Å². The minimum absolute atomic E-state index is 0.202.